The molecular weight excluding hydrogens is 325 g/mol. The number of anilines is 1. The minimum atomic E-state index is -4.63. The number of carboxylic acids is 1. The van der Waals surface area contributed by atoms with Crippen LogP contribution in [0.3, 0.4) is 0 Å². The van der Waals surface area contributed by atoms with Crippen LogP contribution < -0.4 is 5.32 Å². The van der Waals surface area contributed by atoms with Crippen LogP contribution in [0.25, 0.3) is 0 Å². The van der Waals surface area contributed by atoms with Crippen molar-refractivity contribution in [3.63, 3.8) is 0 Å². The van der Waals surface area contributed by atoms with Crippen molar-refractivity contribution < 1.29 is 27.9 Å². The lowest BCUT2D eigenvalue weighted by Gasteiger charge is -2.20. The van der Waals surface area contributed by atoms with E-state index >= 15 is 0 Å². The number of carbonyl (C=O) groups is 2. The first-order valence-corrected chi connectivity index (χ1v) is 6.50. The molecule has 0 spiro atoms. The minimum Gasteiger partial charge on any atom is -0.480 e. The fourth-order valence-corrected chi connectivity index (χ4v) is 1.80. The predicted molar refractivity (Wildman–Crippen MR) is 74.8 cm³/mol. The van der Waals surface area contributed by atoms with E-state index in [1.165, 1.54) is 24.9 Å². The summed E-state index contributed by atoms with van der Waals surface area (Å²) in [6, 6.07) is 2.09. The zero-order valence-electron chi connectivity index (χ0n) is 11.7. The number of likely N-dealkylation sites (N-methyl/N-ethyl adjacent to an activating group) is 1. The third-order valence-electron chi connectivity index (χ3n) is 2.97. The second-order valence-electron chi connectivity index (χ2n) is 4.67. The average molecular weight is 339 g/mol. The number of nitrogens with zero attached hydrogens (tertiary/aromatic N) is 1. The second-order valence-corrected chi connectivity index (χ2v) is 5.08. The Balaban J connectivity index is 2.79. The standard InChI is InChI=1S/C13H14ClF3N2O3/c1-7(12(21)22)19(2)6-11(20)18-8-3-4-10(14)9(5-8)13(15,16)17/h3-5,7H,6H2,1-2H3,(H,18,20)(H,21,22). The summed E-state index contributed by atoms with van der Waals surface area (Å²) in [4.78, 5) is 23.7. The first kappa shape index (κ1) is 18.2. The number of alkyl halides is 3. The summed E-state index contributed by atoms with van der Waals surface area (Å²) in [5, 5.41) is 10.6. The molecule has 0 saturated heterocycles. The summed E-state index contributed by atoms with van der Waals surface area (Å²) < 4.78 is 38.1. The fraction of sp³-hybridized carbons (Fsp3) is 0.385. The highest BCUT2D eigenvalue weighted by atomic mass is 35.5. The molecule has 0 heterocycles. The maximum absolute atomic E-state index is 12.7. The van der Waals surface area contributed by atoms with E-state index in [-0.39, 0.29) is 12.2 Å². The van der Waals surface area contributed by atoms with Gasteiger partial charge in [0.2, 0.25) is 5.91 Å². The molecular formula is C13H14ClF3N2O3. The molecule has 5 nitrogen and oxygen atoms in total. The SMILES string of the molecule is CC(C(=O)O)N(C)CC(=O)Nc1ccc(Cl)c(C(F)(F)F)c1. The smallest absolute Gasteiger partial charge is 0.417 e. The van der Waals surface area contributed by atoms with E-state index in [0.29, 0.717) is 0 Å². The zero-order chi connectivity index (χ0) is 17.1. The molecule has 2 N–H and O–H groups in total. The monoisotopic (exact) mass is 338 g/mol. The Morgan fingerprint density at radius 3 is 2.50 bits per heavy atom. The van der Waals surface area contributed by atoms with Gasteiger partial charge in [-0.1, -0.05) is 11.6 Å². The summed E-state index contributed by atoms with van der Waals surface area (Å²) >= 11 is 5.47. The lowest BCUT2D eigenvalue weighted by molar-refractivity contribution is -0.142. The van der Waals surface area contributed by atoms with Crippen LogP contribution in [0, 0.1) is 0 Å². The Morgan fingerprint density at radius 2 is 2.00 bits per heavy atom. The quantitative estimate of drug-likeness (QED) is 0.866. The van der Waals surface area contributed by atoms with E-state index in [0.717, 1.165) is 12.1 Å². The molecule has 9 heteroatoms. The highest BCUT2D eigenvalue weighted by Crippen LogP contribution is 2.36. The number of amides is 1. The predicted octanol–water partition coefficient (Wildman–Crippen LogP) is 2.70. The Labute approximate surface area is 129 Å². The molecule has 0 fully saturated rings. The highest BCUT2D eigenvalue weighted by Gasteiger charge is 2.33. The second kappa shape index (κ2) is 6.97. The van der Waals surface area contributed by atoms with Gasteiger partial charge in [-0.15, -0.1) is 0 Å². The first-order chi connectivity index (χ1) is 10.0. The van der Waals surface area contributed by atoms with Crippen molar-refractivity contribution in [2.24, 2.45) is 0 Å². The number of benzene rings is 1. The molecule has 1 aromatic carbocycles. The van der Waals surface area contributed by atoms with Gasteiger partial charge in [0.1, 0.15) is 6.04 Å². The summed E-state index contributed by atoms with van der Waals surface area (Å²) in [7, 11) is 1.42. The van der Waals surface area contributed by atoms with Crippen LogP contribution in [-0.2, 0) is 15.8 Å². The number of nitrogens with one attached hydrogen (secondary N) is 1. The summed E-state index contributed by atoms with van der Waals surface area (Å²) in [6.07, 6.45) is -4.63. The molecule has 1 unspecified atom stereocenters. The molecule has 0 radical (unpaired) electrons. The van der Waals surface area contributed by atoms with Gasteiger partial charge in [-0.2, -0.15) is 13.2 Å². The molecule has 0 aliphatic carbocycles. The van der Waals surface area contributed by atoms with Crippen molar-refractivity contribution in [2.75, 3.05) is 18.9 Å². The van der Waals surface area contributed by atoms with Crippen LogP contribution in [0.15, 0.2) is 18.2 Å². The lowest BCUT2D eigenvalue weighted by Crippen LogP contribution is -2.40. The van der Waals surface area contributed by atoms with Crippen LogP contribution in [0.2, 0.25) is 5.02 Å². The number of aliphatic carboxylic acids is 1. The van der Waals surface area contributed by atoms with Crippen molar-refractivity contribution in [1.29, 1.82) is 0 Å². The molecule has 1 amide bonds. The summed E-state index contributed by atoms with van der Waals surface area (Å²) in [6.45, 7) is 1.11. The van der Waals surface area contributed by atoms with Crippen LogP contribution in [-0.4, -0.2) is 41.5 Å². The molecule has 0 aromatic heterocycles. The molecule has 0 aliphatic rings. The summed E-state index contributed by atoms with van der Waals surface area (Å²) in [5.74, 6) is -1.74. The van der Waals surface area contributed by atoms with E-state index in [4.69, 9.17) is 16.7 Å². The van der Waals surface area contributed by atoms with Gasteiger partial charge in [0.25, 0.3) is 0 Å². The topological polar surface area (TPSA) is 69.6 Å². The van der Waals surface area contributed by atoms with E-state index in [1.54, 1.807) is 0 Å². The van der Waals surface area contributed by atoms with Gasteiger partial charge in [-0.3, -0.25) is 14.5 Å². The molecule has 0 bridgehead atoms. The molecule has 0 aliphatic heterocycles. The van der Waals surface area contributed by atoms with E-state index in [2.05, 4.69) is 5.32 Å². The van der Waals surface area contributed by atoms with Crippen LogP contribution >= 0.6 is 11.6 Å². The Hall–Kier alpha value is -1.80. The van der Waals surface area contributed by atoms with E-state index < -0.39 is 34.7 Å². The number of carbonyl (C=O) groups excluding carboxylic acids is 1. The molecule has 122 valence electrons. The Kier molecular flexibility index (Phi) is 5.78. The van der Waals surface area contributed by atoms with Gasteiger partial charge in [0.15, 0.2) is 0 Å². The molecule has 22 heavy (non-hydrogen) atoms. The average Bonchev–Trinajstić information content (AvgIpc) is 2.38. The largest absolute Gasteiger partial charge is 0.480 e. The molecule has 1 atom stereocenters. The number of carboxylic acid groups (broad SMARTS) is 1. The number of rotatable bonds is 5. The Bertz CT molecular complexity index is 578. The fourth-order valence-electron chi connectivity index (χ4n) is 1.57. The third kappa shape index (κ3) is 4.88. The maximum Gasteiger partial charge on any atom is 0.417 e. The van der Waals surface area contributed by atoms with Gasteiger partial charge in [0.05, 0.1) is 17.1 Å². The van der Waals surface area contributed by atoms with Crippen LogP contribution in [0.5, 0.6) is 0 Å². The number of halogens is 4. The van der Waals surface area contributed by atoms with Crippen molar-refractivity contribution in [2.45, 2.75) is 19.1 Å². The van der Waals surface area contributed by atoms with Gasteiger partial charge < -0.3 is 10.4 Å². The van der Waals surface area contributed by atoms with Gasteiger partial charge in [-0.05, 0) is 32.2 Å². The maximum atomic E-state index is 12.7. The van der Waals surface area contributed by atoms with Crippen molar-refractivity contribution in [3.8, 4) is 0 Å². The number of hydrogen-bond donors (Lipinski definition) is 2. The normalized spacial score (nSPS) is 13.0. The zero-order valence-corrected chi connectivity index (χ0v) is 12.5. The van der Waals surface area contributed by atoms with Gasteiger partial charge in [-0.25, -0.2) is 0 Å². The van der Waals surface area contributed by atoms with E-state index in [1.807, 2.05) is 0 Å². The van der Waals surface area contributed by atoms with Gasteiger partial charge in [0, 0.05) is 5.69 Å². The first-order valence-electron chi connectivity index (χ1n) is 6.12. The van der Waals surface area contributed by atoms with Crippen molar-refractivity contribution >= 4 is 29.2 Å². The van der Waals surface area contributed by atoms with Gasteiger partial charge >= 0.3 is 12.1 Å². The summed E-state index contributed by atoms with van der Waals surface area (Å²) in [5.41, 5.74) is -1.13. The number of hydrogen-bond acceptors (Lipinski definition) is 3. The third-order valence-corrected chi connectivity index (χ3v) is 3.30. The van der Waals surface area contributed by atoms with Crippen LogP contribution in [0.1, 0.15) is 12.5 Å². The molecule has 0 saturated carbocycles. The Morgan fingerprint density at radius 1 is 1.41 bits per heavy atom. The molecule has 1 aromatic rings. The minimum absolute atomic E-state index is 0.0712. The van der Waals surface area contributed by atoms with Crippen molar-refractivity contribution in [3.05, 3.63) is 28.8 Å². The molecule has 1 rings (SSSR count). The lowest BCUT2D eigenvalue weighted by atomic mass is 10.2. The van der Waals surface area contributed by atoms with Crippen LogP contribution in [0.4, 0.5) is 18.9 Å². The van der Waals surface area contributed by atoms with E-state index in [9.17, 15) is 22.8 Å². The van der Waals surface area contributed by atoms with Crippen molar-refractivity contribution in [1.82, 2.24) is 4.90 Å². The highest BCUT2D eigenvalue weighted by molar-refractivity contribution is 6.31.